The Bertz CT molecular complexity index is 208. The van der Waals surface area contributed by atoms with Gasteiger partial charge in [0.25, 0.3) is 0 Å². The molecule has 0 N–H and O–H groups in total. The molecule has 2 atom stereocenters. The molecule has 2 unspecified atom stereocenters. The number of benzene rings is 1. The van der Waals surface area contributed by atoms with Crippen LogP contribution in [0.5, 0.6) is 0 Å². The third-order valence-electron chi connectivity index (χ3n) is 1.52. The summed E-state index contributed by atoms with van der Waals surface area (Å²) in [5.41, 5.74) is 0.733. The van der Waals surface area contributed by atoms with Gasteiger partial charge >= 0.3 is 0 Å². The largest absolute Gasteiger partial charge is 0.241 e. The van der Waals surface area contributed by atoms with Crippen molar-refractivity contribution in [3.63, 3.8) is 0 Å². The van der Waals surface area contributed by atoms with Crippen LogP contribution in [0.4, 0.5) is 4.39 Å². The fraction of sp³-hybridized carbons (Fsp3) is 0.333. The summed E-state index contributed by atoms with van der Waals surface area (Å²) in [6.07, 6.45) is -0.906. The second kappa shape index (κ2) is 3.86. The Balaban J connectivity index is 2.77. The highest BCUT2D eigenvalue weighted by molar-refractivity contribution is 9.09. The Labute approximate surface area is 74.6 Å². The quantitative estimate of drug-likeness (QED) is 0.665. The van der Waals surface area contributed by atoms with Crippen LogP contribution in [0.15, 0.2) is 30.3 Å². The number of halogens is 2. The number of alkyl halides is 2. The number of rotatable bonds is 2. The molecule has 0 aliphatic carbocycles. The second-order valence-corrected chi connectivity index (χ2v) is 3.93. The van der Waals surface area contributed by atoms with Crippen molar-refractivity contribution >= 4 is 15.9 Å². The smallest absolute Gasteiger partial charge is 0.137 e. The van der Waals surface area contributed by atoms with Gasteiger partial charge in [0.15, 0.2) is 0 Å². The molecule has 0 heterocycles. The Hall–Kier alpha value is -0.370. The molecule has 0 radical (unpaired) electrons. The molecule has 1 aromatic rings. The van der Waals surface area contributed by atoms with Gasteiger partial charge in [-0.25, -0.2) is 4.39 Å². The molecule has 0 bridgehead atoms. The van der Waals surface area contributed by atoms with E-state index in [1.165, 1.54) is 0 Å². The molecule has 0 amide bonds. The highest BCUT2D eigenvalue weighted by Gasteiger charge is 2.14. The van der Waals surface area contributed by atoms with Crippen LogP contribution >= 0.6 is 15.9 Å². The van der Waals surface area contributed by atoms with Crippen molar-refractivity contribution in [2.75, 3.05) is 0 Å². The summed E-state index contributed by atoms with van der Waals surface area (Å²) >= 11 is 3.20. The van der Waals surface area contributed by atoms with Gasteiger partial charge in [0, 0.05) is 4.83 Å². The summed E-state index contributed by atoms with van der Waals surface area (Å²) in [7, 11) is 0. The molecule has 0 aliphatic rings. The molecule has 60 valence electrons. The lowest BCUT2D eigenvalue weighted by Crippen LogP contribution is -2.01. The molecular formula is C9H10BrF. The van der Waals surface area contributed by atoms with Gasteiger partial charge in [-0.1, -0.05) is 46.3 Å². The number of hydrogen-bond donors (Lipinski definition) is 0. The summed E-state index contributed by atoms with van der Waals surface area (Å²) < 4.78 is 13.2. The molecule has 0 spiro atoms. The highest BCUT2D eigenvalue weighted by Crippen LogP contribution is 2.25. The molecule has 0 saturated heterocycles. The van der Waals surface area contributed by atoms with Gasteiger partial charge < -0.3 is 0 Å². The molecule has 2 heteroatoms. The van der Waals surface area contributed by atoms with Crippen LogP contribution in [-0.2, 0) is 0 Å². The van der Waals surface area contributed by atoms with Gasteiger partial charge in [-0.05, 0) is 12.5 Å². The van der Waals surface area contributed by atoms with E-state index < -0.39 is 6.17 Å². The average Bonchev–Trinajstić information content (AvgIpc) is 2.05. The SMILES string of the molecule is CC(Br)C(F)c1ccccc1. The van der Waals surface area contributed by atoms with E-state index in [0.717, 1.165) is 5.56 Å². The topological polar surface area (TPSA) is 0 Å². The molecule has 0 aromatic heterocycles. The molecule has 0 fully saturated rings. The van der Waals surface area contributed by atoms with Crippen molar-refractivity contribution in [2.24, 2.45) is 0 Å². The average molecular weight is 217 g/mol. The fourth-order valence-corrected chi connectivity index (χ4v) is 1.21. The van der Waals surface area contributed by atoms with Gasteiger partial charge in [-0.2, -0.15) is 0 Å². The Morgan fingerprint density at radius 2 is 1.82 bits per heavy atom. The van der Waals surface area contributed by atoms with Gasteiger partial charge in [0.05, 0.1) is 0 Å². The van der Waals surface area contributed by atoms with Crippen molar-refractivity contribution in [2.45, 2.75) is 17.9 Å². The van der Waals surface area contributed by atoms with Gasteiger partial charge in [-0.15, -0.1) is 0 Å². The first-order valence-electron chi connectivity index (χ1n) is 3.55. The third kappa shape index (κ3) is 2.29. The van der Waals surface area contributed by atoms with Gasteiger partial charge in [0.2, 0.25) is 0 Å². The van der Waals surface area contributed by atoms with Gasteiger partial charge in [0.1, 0.15) is 6.17 Å². The number of hydrogen-bond acceptors (Lipinski definition) is 0. The van der Waals surface area contributed by atoms with E-state index >= 15 is 0 Å². The predicted molar refractivity (Wildman–Crippen MR) is 48.7 cm³/mol. The lowest BCUT2D eigenvalue weighted by atomic mass is 10.1. The third-order valence-corrected chi connectivity index (χ3v) is 1.99. The van der Waals surface area contributed by atoms with E-state index in [1.54, 1.807) is 19.1 Å². The molecule has 1 aromatic carbocycles. The van der Waals surface area contributed by atoms with E-state index in [9.17, 15) is 4.39 Å². The first kappa shape index (κ1) is 8.72. The monoisotopic (exact) mass is 216 g/mol. The van der Waals surface area contributed by atoms with Crippen molar-refractivity contribution in [3.05, 3.63) is 35.9 Å². The summed E-state index contributed by atoms with van der Waals surface area (Å²) in [4.78, 5) is -0.120. The van der Waals surface area contributed by atoms with E-state index in [2.05, 4.69) is 15.9 Å². The first-order valence-corrected chi connectivity index (χ1v) is 4.46. The first-order chi connectivity index (χ1) is 5.22. The Morgan fingerprint density at radius 1 is 1.27 bits per heavy atom. The van der Waals surface area contributed by atoms with Crippen molar-refractivity contribution in [1.29, 1.82) is 0 Å². The van der Waals surface area contributed by atoms with Crippen LogP contribution in [-0.4, -0.2) is 4.83 Å². The minimum absolute atomic E-state index is 0.120. The lowest BCUT2D eigenvalue weighted by Gasteiger charge is -2.09. The Morgan fingerprint density at radius 3 is 2.27 bits per heavy atom. The summed E-state index contributed by atoms with van der Waals surface area (Å²) in [6, 6.07) is 9.16. The van der Waals surface area contributed by atoms with Crippen LogP contribution in [0.3, 0.4) is 0 Å². The zero-order valence-electron chi connectivity index (χ0n) is 6.30. The Kier molecular flexibility index (Phi) is 3.06. The molecule has 0 saturated carbocycles. The van der Waals surface area contributed by atoms with Crippen molar-refractivity contribution in [3.8, 4) is 0 Å². The van der Waals surface area contributed by atoms with E-state index in [0.29, 0.717) is 0 Å². The predicted octanol–water partition coefficient (Wildman–Crippen LogP) is 3.48. The van der Waals surface area contributed by atoms with Crippen LogP contribution in [0, 0.1) is 0 Å². The van der Waals surface area contributed by atoms with Crippen molar-refractivity contribution < 1.29 is 4.39 Å². The molecule has 0 aliphatic heterocycles. The molecule has 0 nitrogen and oxygen atoms in total. The minimum atomic E-state index is -0.906. The van der Waals surface area contributed by atoms with Crippen LogP contribution in [0.1, 0.15) is 18.7 Å². The van der Waals surface area contributed by atoms with Crippen LogP contribution in [0.2, 0.25) is 0 Å². The fourth-order valence-electron chi connectivity index (χ4n) is 0.902. The standard InChI is InChI=1S/C9H10BrF/c1-7(10)9(11)8-5-3-2-4-6-8/h2-7,9H,1H3. The maximum Gasteiger partial charge on any atom is 0.137 e. The van der Waals surface area contributed by atoms with Crippen LogP contribution < -0.4 is 0 Å². The molecular weight excluding hydrogens is 207 g/mol. The zero-order valence-corrected chi connectivity index (χ0v) is 7.88. The highest BCUT2D eigenvalue weighted by atomic mass is 79.9. The minimum Gasteiger partial charge on any atom is -0.241 e. The van der Waals surface area contributed by atoms with Crippen molar-refractivity contribution in [1.82, 2.24) is 0 Å². The zero-order chi connectivity index (χ0) is 8.27. The molecule has 1 rings (SSSR count). The maximum absolute atomic E-state index is 13.2. The summed E-state index contributed by atoms with van der Waals surface area (Å²) in [5.74, 6) is 0. The van der Waals surface area contributed by atoms with E-state index in [-0.39, 0.29) is 4.83 Å². The van der Waals surface area contributed by atoms with Gasteiger partial charge in [-0.3, -0.25) is 0 Å². The van der Waals surface area contributed by atoms with E-state index in [1.807, 2.05) is 18.2 Å². The summed E-state index contributed by atoms with van der Waals surface area (Å²) in [5, 5.41) is 0. The maximum atomic E-state index is 13.2. The van der Waals surface area contributed by atoms with Crippen LogP contribution in [0.25, 0.3) is 0 Å². The lowest BCUT2D eigenvalue weighted by molar-refractivity contribution is 0.345. The molecule has 11 heavy (non-hydrogen) atoms. The summed E-state index contributed by atoms with van der Waals surface area (Å²) in [6.45, 7) is 1.80. The van der Waals surface area contributed by atoms with E-state index in [4.69, 9.17) is 0 Å². The second-order valence-electron chi connectivity index (χ2n) is 2.49. The normalized spacial score (nSPS) is 15.9.